The van der Waals surface area contributed by atoms with Crippen molar-refractivity contribution in [3.63, 3.8) is 0 Å². The fourth-order valence-electron chi connectivity index (χ4n) is 7.98. The van der Waals surface area contributed by atoms with Crippen LogP contribution in [-0.4, -0.2) is 91.0 Å². The number of carbonyl (C=O) groups excluding carboxylic acids is 4. The maximum atomic E-state index is 14.5. The second-order valence-corrected chi connectivity index (χ2v) is 19.9. The summed E-state index contributed by atoms with van der Waals surface area (Å²) in [5.41, 5.74) is 3.56. The van der Waals surface area contributed by atoms with Crippen molar-refractivity contribution in [2.75, 3.05) is 13.7 Å². The Kier molecular flexibility index (Phi) is 13.7. The molecular formula is C45H56F3N5O9S. The zero-order chi connectivity index (χ0) is 46.1. The van der Waals surface area contributed by atoms with Gasteiger partial charge in [-0.25, -0.2) is 18.2 Å². The van der Waals surface area contributed by atoms with Crippen molar-refractivity contribution >= 4 is 44.6 Å². The van der Waals surface area contributed by atoms with Crippen LogP contribution in [0.2, 0.25) is 0 Å². The van der Waals surface area contributed by atoms with E-state index in [0.29, 0.717) is 69.2 Å². The number of halogens is 3. The van der Waals surface area contributed by atoms with Gasteiger partial charge in [0.2, 0.25) is 39.2 Å². The van der Waals surface area contributed by atoms with E-state index in [0.717, 1.165) is 10.9 Å². The lowest BCUT2D eigenvalue weighted by atomic mass is 9.88. The number of benzene rings is 2. The molecule has 0 spiro atoms. The van der Waals surface area contributed by atoms with Gasteiger partial charge in [0, 0.05) is 17.4 Å². The van der Waals surface area contributed by atoms with Crippen LogP contribution in [0.5, 0.6) is 11.6 Å². The SMILES string of the molecule is COc1ccc2c(O[C@@H]3C[C@@H](C(N)=O)N(C(=O)[C@@H](NC(=O)OC(C)(C)C(F)(F)F)[C@H](C)C[C@H](C)CC/C=C\[C@@H]4C[C@]4(C)C(=O)NS(=O)(=O)C4CC4)C3)nc(-c3ccccc3)cc2c1. The van der Waals surface area contributed by atoms with Crippen molar-refractivity contribution < 1.29 is 55.0 Å². The first-order valence-electron chi connectivity index (χ1n) is 21.1. The van der Waals surface area contributed by atoms with E-state index in [1.807, 2.05) is 61.5 Å². The third kappa shape index (κ3) is 11.0. The van der Waals surface area contributed by atoms with Crippen LogP contribution >= 0.6 is 0 Å². The Bertz CT molecular complexity index is 2340. The molecule has 2 aromatic carbocycles. The molecule has 18 heteroatoms. The predicted molar refractivity (Wildman–Crippen MR) is 229 cm³/mol. The van der Waals surface area contributed by atoms with Gasteiger partial charge >= 0.3 is 12.3 Å². The van der Waals surface area contributed by atoms with Crippen molar-refractivity contribution in [1.29, 1.82) is 0 Å². The molecule has 0 bridgehead atoms. The molecular weight excluding hydrogens is 844 g/mol. The van der Waals surface area contributed by atoms with Crippen molar-refractivity contribution in [1.82, 2.24) is 19.9 Å². The topological polar surface area (TPSA) is 196 Å². The molecule has 2 heterocycles. The molecule has 6 rings (SSSR count). The summed E-state index contributed by atoms with van der Waals surface area (Å²) in [6.07, 6.45) is -0.266. The van der Waals surface area contributed by atoms with E-state index in [2.05, 4.69) is 10.0 Å². The number of carbonyl (C=O) groups is 4. The van der Waals surface area contributed by atoms with Crippen LogP contribution in [0.25, 0.3) is 22.0 Å². The van der Waals surface area contributed by atoms with Gasteiger partial charge in [0.05, 0.1) is 30.0 Å². The zero-order valence-corrected chi connectivity index (χ0v) is 37.1. The Morgan fingerprint density at radius 2 is 1.76 bits per heavy atom. The van der Waals surface area contributed by atoms with E-state index < -0.39 is 80.4 Å². The molecule has 1 saturated heterocycles. The number of sulfonamides is 1. The zero-order valence-electron chi connectivity index (χ0n) is 36.2. The number of nitrogens with two attached hydrogens (primary N) is 1. The second kappa shape index (κ2) is 18.4. The van der Waals surface area contributed by atoms with Crippen molar-refractivity contribution in [3.8, 4) is 22.9 Å². The van der Waals surface area contributed by atoms with E-state index in [9.17, 15) is 40.8 Å². The number of allylic oxidation sites excluding steroid dienone is 2. The molecule has 0 radical (unpaired) electrons. The Morgan fingerprint density at radius 3 is 2.40 bits per heavy atom. The van der Waals surface area contributed by atoms with Crippen LogP contribution in [0.15, 0.2) is 66.7 Å². The van der Waals surface area contributed by atoms with E-state index in [1.165, 1.54) is 4.90 Å². The number of hydrogen-bond donors (Lipinski definition) is 3. The van der Waals surface area contributed by atoms with Crippen molar-refractivity contribution in [2.24, 2.45) is 28.9 Å². The van der Waals surface area contributed by atoms with Crippen LogP contribution in [0.1, 0.15) is 79.6 Å². The summed E-state index contributed by atoms with van der Waals surface area (Å²) in [5.74, 6) is -2.12. The lowest BCUT2D eigenvalue weighted by molar-refractivity contribution is -0.244. The van der Waals surface area contributed by atoms with Gasteiger partial charge in [0.25, 0.3) is 0 Å². The first-order valence-corrected chi connectivity index (χ1v) is 22.7. The Labute approximate surface area is 365 Å². The molecule has 4 amide bonds. The summed E-state index contributed by atoms with van der Waals surface area (Å²) in [4.78, 5) is 59.4. The van der Waals surface area contributed by atoms with Gasteiger partial charge in [-0.3, -0.25) is 19.1 Å². The second-order valence-electron chi connectivity index (χ2n) is 17.9. The minimum absolute atomic E-state index is 0.0244. The highest BCUT2D eigenvalue weighted by Gasteiger charge is 2.56. The number of likely N-dealkylation sites (tertiary alicyclic amines) is 1. The number of alkyl halides is 3. The van der Waals surface area contributed by atoms with E-state index in [1.54, 1.807) is 33.1 Å². The van der Waals surface area contributed by atoms with Gasteiger partial charge in [0.15, 0.2) is 0 Å². The smallest absolute Gasteiger partial charge is 0.427 e. The standard InChI is InChI=1S/C45H56F3N5O9S/c1-26(12-10-11-15-30-24-44(30,5)41(56)52-63(58,59)33-17-18-33)20-27(2)37(51-42(57)62-43(3,4)45(46,47)48)40(55)53-25-32(23-36(53)38(49)54)61-39-34-19-16-31(60-6)21-29(34)22-35(50-39)28-13-8-7-9-14-28/h7-9,11,13-16,19,21-22,26-27,30,32-33,36-37H,10,12,17-18,20,23-25H2,1-6H3,(H2,49,54)(H,51,57)(H,52,56)/b15-11-/t26-,27-,30-,32-,36+,37+,44+/m1/s1. The molecule has 2 saturated carbocycles. The van der Waals surface area contributed by atoms with E-state index >= 15 is 0 Å². The van der Waals surface area contributed by atoms with Crippen LogP contribution in [-0.2, 0) is 29.1 Å². The number of fused-ring (bicyclic) bond motifs is 1. The van der Waals surface area contributed by atoms with Crippen LogP contribution in [0, 0.1) is 23.2 Å². The van der Waals surface area contributed by atoms with Gasteiger partial charge in [-0.05, 0) is 99.8 Å². The lowest BCUT2D eigenvalue weighted by Gasteiger charge is -2.33. The number of pyridine rings is 1. The molecule has 3 aliphatic rings. The summed E-state index contributed by atoms with van der Waals surface area (Å²) in [7, 11) is -2.11. The third-order valence-corrected chi connectivity index (χ3v) is 14.2. The molecule has 0 unspecified atom stereocenters. The van der Waals surface area contributed by atoms with Gasteiger partial charge in [0.1, 0.15) is 23.9 Å². The number of primary amides is 1. The highest BCUT2D eigenvalue weighted by atomic mass is 32.2. The number of hydrogen-bond acceptors (Lipinski definition) is 10. The fourth-order valence-corrected chi connectivity index (χ4v) is 9.40. The quantitative estimate of drug-likeness (QED) is 0.114. The minimum atomic E-state index is -4.91. The summed E-state index contributed by atoms with van der Waals surface area (Å²) in [6, 6.07) is 14.1. The molecule has 342 valence electrons. The number of ether oxygens (including phenoxy) is 3. The fraction of sp³-hybridized carbons (Fsp3) is 0.533. The average Bonchev–Trinajstić information content (AvgIpc) is 4.14. The molecule has 1 aromatic heterocycles. The minimum Gasteiger partial charge on any atom is -0.497 e. The Balaban J connectivity index is 1.16. The van der Waals surface area contributed by atoms with Crippen LogP contribution in [0.4, 0.5) is 18.0 Å². The van der Waals surface area contributed by atoms with E-state index in [4.69, 9.17) is 24.9 Å². The van der Waals surface area contributed by atoms with Crippen LogP contribution in [0.3, 0.4) is 0 Å². The van der Waals surface area contributed by atoms with Crippen LogP contribution < -0.4 is 25.2 Å². The Morgan fingerprint density at radius 1 is 1.06 bits per heavy atom. The number of alkyl carbamates (subject to hydrolysis) is 1. The number of amides is 4. The Hall–Kier alpha value is -5.39. The summed E-state index contributed by atoms with van der Waals surface area (Å²) >= 11 is 0. The highest BCUT2D eigenvalue weighted by Crippen LogP contribution is 2.53. The van der Waals surface area contributed by atoms with Crippen molar-refractivity contribution in [3.05, 3.63) is 66.7 Å². The molecule has 63 heavy (non-hydrogen) atoms. The number of nitrogens with one attached hydrogen (secondary N) is 2. The molecule has 1 aliphatic heterocycles. The first kappa shape index (κ1) is 47.1. The number of aromatic nitrogens is 1. The van der Waals surface area contributed by atoms with Gasteiger partial charge in [-0.15, -0.1) is 0 Å². The number of rotatable bonds is 18. The number of nitrogens with zero attached hydrogens (tertiary/aromatic N) is 2. The maximum Gasteiger partial charge on any atom is 0.427 e. The molecule has 3 aromatic rings. The largest absolute Gasteiger partial charge is 0.497 e. The third-order valence-electron chi connectivity index (χ3n) is 12.4. The normalized spacial score (nSPS) is 22.9. The summed E-state index contributed by atoms with van der Waals surface area (Å²) in [6.45, 7) is 6.57. The van der Waals surface area contributed by atoms with Gasteiger partial charge < -0.3 is 30.2 Å². The van der Waals surface area contributed by atoms with Crippen molar-refractivity contribution in [2.45, 2.75) is 115 Å². The monoisotopic (exact) mass is 899 g/mol. The lowest BCUT2D eigenvalue weighted by Crippen LogP contribution is -2.56. The number of methoxy groups -OCH3 is 1. The molecule has 3 fully saturated rings. The average molecular weight is 900 g/mol. The van der Waals surface area contributed by atoms with Gasteiger partial charge in [-0.1, -0.05) is 63.3 Å². The predicted octanol–water partition coefficient (Wildman–Crippen LogP) is 6.81. The summed E-state index contributed by atoms with van der Waals surface area (Å²) < 4.78 is 84.8. The summed E-state index contributed by atoms with van der Waals surface area (Å²) in [5, 5.41) is 3.27. The molecule has 2 aliphatic carbocycles. The molecule has 7 atom stereocenters. The van der Waals surface area contributed by atoms with E-state index in [-0.39, 0.29) is 30.7 Å². The maximum absolute atomic E-state index is 14.5. The molecule has 4 N–H and O–H groups in total. The van der Waals surface area contributed by atoms with Gasteiger partial charge in [-0.2, -0.15) is 13.2 Å². The highest BCUT2D eigenvalue weighted by molar-refractivity contribution is 7.90. The molecule has 14 nitrogen and oxygen atoms in total. The first-order chi connectivity index (χ1) is 29.5.